The molecule has 1 aliphatic rings. The van der Waals surface area contributed by atoms with Crippen LogP contribution in [0.2, 0.25) is 5.02 Å². The molecule has 0 amide bonds. The van der Waals surface area contributed by atoms with Gasteiger partial charge in [-0.25, -0.2) is 0 Å². The van der Waals surface area contributed by atoms with Crippen molar-refractivity contribution in [3.05, 3.63) is 38.9 Å². The fraction of sp³-hybridized carbons (Fsp3) is 0.538. The lowest BCUT2D eigenvalue weighted by Gasteiger charge is -2.32. The Morgan fingerprint density at radius 1 is 1.53 bits per heavy atom. The summed E-state index contributed by atoms with van der Waals surface area (Å²) in [6.45, 7) is 3.02. The van der Waals surface area contributed by atoms with E-state index < -0.39 is 0 Å². The Balaban J connectivity index is 2.16. The SMILES string of the molecule is NCC1CCCN(Cc2c(Cl)cccc2[N+](=O)[O-])C1. The van der Waals surface area contributed by atoms with Crippen LogP contribution in [0.15, 0.2) is 18.2 Å². The van der Waals surface area contributed by atoms with Gasteiger partial charge in [0.15, 0.2) is 0 Å². The Bertz CT molecular complexity index is 467. The number of nitrogens with zero attached hydrogens (tertiary/aromatic N) is 2. The topological polar surface area (TPSA) is 72.4 Å². The molecule has 2 N–H and O–H groups in total. The maximum atomic E-state index is 11.0. The zero-order valence-electron chi connectivity index (χ0n) is 10.7. The van der Waals surface area contributed by atoms with Crippen molar-refractivity contribution in [3.63, 3.8) is 0 Å². The summed E-state index contributed by atoms with van der Waals surface area (Å²) in [6.07, 6.45) is 2.22. The zero-order valence-corrected chi connectivity index (χ0v) is 11.5. The first kappa shape index (κ1) is 14.2. The smallest absolute Gasteiger partial charge is 0.275 e. The number of nitro benzene ring substituents is 1. The van der Waals surface area contributed by atoms with Gasteiger partial charge in [-0.2, -0.15) is 0 Å². The second kappa shape index (κ2) is 6.32. The van der Waals surface area contributed by atoms with E-state index in [1.165, 1.54) is 6.07 Å². The average molecular weight is 284 g/mol. The van der Waals surface area contributed by atoms with E-state index in [2.05, 4.69) is 4.90 Å². The molecule has 6 heteroatoms. The summed E-state index contributed by atoms with van der Waals surface area (Å²) in [7, 11) is 0. The third-order valence-electron chi connectivity index (χ3n) is 3.61. The van der Waals surface area contributed by atoms with Gasteiger partial charge in [0, 0.05) is 19.2 Å². The predicted octanol–water partition coefficient (Wildman–Crippen LogP) is 2.42. The van der Waals surface area contributed by atoms with E-state index in [4.69, 9.17) is 17.3 Å². The van der Waals surface area contributed by atoms with E-state index in [0.29, 0.717) is 29.6 Å². The molecule has 0 aliphatic carbocycles. The number of piperidine rings is 1. The van der Waals surface area contributed by atoms with Gasteiger partial charge in [0.1, 0.15) is 0 Å². The molecule has 5 nitrogen and oxygen atoms in total. The molecule has 104 valence electrons. The average Bonchev–Trinajstić information content (AvgIpc) is 2.41. The number of hydrogen-bond acceptors (Lipinski definition) is 4. The first-order chi connectivity index (χ1) is 9.11. The van der Waals surface area contributed by atoms with Crippen LogP contribution in [0.25, 0.3) is 0 Å². The van der Waals surface area contributed by atoms with E-state index >= 15 is 0 Å². The number of nitro groups is 1. The Hall–Kier alpha value is -1.17. The predicted molar refractivity (Wildman–Crippen MR) is 75.2 cm³/mol. The van der Waals surface area contributed by atoms with Gasteiger partial charge in [0.05, 0.1) is 15.5 Å². The lowest BCUT2D eigenvalue weighted by atomic mass is 9.97. The van der Waals surface area contributed by atoms with Crippen LogP contribution in [0, 0.1) is 16.0 Å². The minimum atomic E-state index is -0.369. The molecule has 1 aromatic carbocycles. The lowest BCUT2D eigenvalue weighted by molar-refractivity contribution is -0.385. The summed E-state index contributed by atoms with van der Waals surface area (Å²) in [5.74, 6) is 0.482. The molecule has 1 atom stereocenters. The summed E-state index contributed by atoms with van der Waals surface area (Å²) >= 11 is 6.11. The highest BCUT2D eigenvalue weighted by Gasteiger charge is 2.23. The second-order valence-electron chi connectivity index (χ2n) is 4.97. The number of nitrogens with two attached hydrogens (primary N) is 1. The normalized spacial score (nSPS) is 20.4. The molecule has 2 rings (SSSR count). The van der Waals surface area contributed by atoms with Crippen LogP contribution in [-0.2, 0) is 6.54 Å². The van der Waals surface area contributed by atoms with Crippen molar-refractivity contribution < 1.29 is 4.92 Å². The molecule has 1 aliphatic heterocycles. The van der Waals surface area contributed by atoms with Crippen molar-refractivity contribution in [3.8, 4) is 0 Å². The monoisotopic (exact) mass is 283 g/mol. The molecule has 0 radical (unpaired) electrons. The molecular formula is C13H18ClN3O2. The second-order valence-corrected chi connectivity index (χ2v) is 5.38. The molecular weight excluding hydrogens is 266 g/mol. The van der Waals surface area contributed by atoms with Crippen molar-refractivity contribution in [2.75, 3.05) is 19.6 Å². The van der Waals surface area contributed by atoms with Crippen LogP contribution in [0.1, 0.15) is 18.4 Å². The van der Waals surface area contributed by atoms with Crippen LogP contribution in [0.3, 0.4) is 0 Å². The number of benzene rings is 1. The maximum absolute atomic E-state index is 11.0. The van der Waals surface area contributed by atoms with Gasteiger partial charge in [0.25, 0.3) is 5.69 Å². The van der Waals surface area contributed by atoms with Crippen LogP contribution in [-0.4, -0.2) is 29.5 Å². The summed E-state index contributed by atoms with van der Waals surface area (Å²) in [5.41, 5.74) is 6.41. The summed E-state index contributed by atoms with van der Waals surface area (Å²) in [5, 5.41) is 11.5. The number of likely N-dealkylation sites (tertiary alicyclic amines) is 1. The van der Waals surface area contributed by atoms with Crippen molar-refractivity contribution in [1.29, 1.82) is 0 Å². The molecule has 19 heavy (non-hydrogen) atoms. The van der Waals surface area contributed by atoms with E-state index in [0.717, 1.165) is 25.9 Å². The van der Waals surface area contributed by atoms with Gasteiger partial charge in [-0.15, -0.1) is 0 Å². The minimum absolute atomic E-state index is 0.0994. The molecule has 1 unspecified atom stereocenters. The highest BCUT2D eigenvalue weighted by Crippen LogP contribution is 2.29. The third kappa shape index (κ3) is 3.43. The van der Waals surface area contributed by atoms with E-state index in [1.807, 2.05) is 0 Å². The lowest BCUT2D eigenvalue weighted by Crippen LogP contribution is -2.38. The van der Waals surface area contributed by atoms with E-state index in [1.54, 1.807) is 12.1 Å². The van der Waals surface area contributed by atoms with Gasteiger partial charge in [-0.05, 0) is 37.9 Å². The van der Waals surface area contributed by atoms with E-state index in [9.17, 15) is 10.1 Å². The third-order valence-corrected chi connectivity index (χ3v) is 3.96. The minimum Gasteiger partial charge on any atom is -0.330 e. The molecule has 1 heterocycles. The maximum Gasteiger partial charge on any atom is 0.275 e. The molecule has 0 spiro atoms. The van der Waals surface area contributed by atoms with Gasteiger partial charge in [-0.3, -0.25) is 15.0 Å². The van der Waals surface area contributed by atoms with Gasteiger partial charge < -0.3 is 5.73 Å². The largest absolute Gasteiger partial charge is 0.330 e. The highest BCUT2D eigenvalue weighted by atomic mass is 35.5. The number of rotatable bonds is 4. The van der Waals surface area contributed by atoms with Crippen molar-refractivity contribution in [1.82, 2.24) is 4.90 Å². The van der Waals surface area contributed by atoms with Crippen molar-refractivity contribution >= 4 is 17.3 Å². The summed E-state index contributed by atoms with van der Waals surface area (Å²) < 4.78 is 0. The number of halogens is 1. The standard InChI is InChI=1S/C13H18ClN3O2/c14-12-4-1-5-13(17(18)19)11(12)9-16-6-2-3-10(7-15)8-16/h1,4-5,10H,2-3,6-9,15H2. The molecule has 1 fully saturated rings. The summed E-state index contributed by atoms with van der Waals surface area (Å²) in [4.78, 5) is 12.9. The van der Waals surface area contributed by atoms with Gasteiger partial charge in [0.2, 0.25) is 0 Å². The molecule has 0 aromatic heterocycles. The number of hydrogen-bond donors (Lipinski definition) is 1. The van der Waals surface area contributed by atoms with Crippen molar-refractivity contribution in [2.24, 2.45) is 11.7 Å². The fourth-order valence-corrected chi connectivity index (χ4v) is 2.82. The summed E-state index contributed by atoms with van der Waals surface area (Å²) in [6, 6.07) is 4.82. The Morgan fingerprint density at radius 3 is 3.00 bits per heavy atom. The van der Waals surface area contributed by atoms with Crippen LogP contribution in [0.5, 0.6) is 0 Å². The Morgan fingerprint density at radius 2 is 2.32 bits per heavy atom. The van der Waals surface area contributed by atoms with Crippen LogP contribution >= 0.6 is 11.6 Å². The Kier molecular flexibility index (Phi) is 4.74. The Labute approximate surface area is 117 Å². The van der Waals surface area contributed by atoms with Crippen molar-refractivity contribution in [2.45, 2.75) is 19.4 Å². The van der Waals surface area contributed by atoms with Gasteiger partial charge >= 0.3 is 0 Å². The molecule has 1 saturated heterocycles. The van der Waals surface area contributed by atoms with Gasteiger partial charge in [-0.1, -0.05) is 17.7 Å². The highest BCUT2D eigenvalue weighted by molar-refractivity contribution is 6.31. The quantitative estimate of drug-likeness (QED) is 0.680. The van der Waals surface area contributed by atoms with E-state index in [-0.39, 0.29) is 10.6 Å². The fourth-order valence-electron chi connectivity index (χ4n) is 2.59. The zero-order chi connectivity index (χ0) is 13.8. The molecule has 0 bridgehead atoms. The first-order valence-corrected chi connectivity index (χ1v) is 6.83. The van der Waals surface area contributed by atoms with Crippen LogP contribution in [0.4, 0.5) is 5.69 Å². The first-order valence-electron chi connectivity index (χ1n) is 6.46. The molecule has 0 saturated carbocycles. The molecule has 1 aromatic rings. The van der Waals surface area contributed by atoms with Crippen LogP contribution < -0.4 is 5.73 Å².